The SMILES string of the molecule is COc1ccc(C(=O)OCC(=O)N[C@@H](C)c2ccccc2)c(OC)c1OC. The van der Waals surface area contributed by atoms with E-state index in [0.29, 0.717) is 5.75 Å². The summed E-state index contributed by atoms with van der Waals surface area (Å²) >= 11 is 0. The third kappa shape index (κ3) is 4.91. The van der Waals surface area contributed by atoms with Crippen LogP contribution in [0.2, 0.25) is 0 Å². The molecule has 144 valence electrons. The van der Waals surface area contributed by atoms with Crippen LogP contribution in [0.25, 0.3) is 0 Å². The summed E-state index contributed by atoms with van der Waals surface area (Å²) in [6, 6.07) is 12.4. The van der Waals surface area contributed by atoms with Crippen LogP contribution in [0.5, 0.6) is 17.2 Å². The van der Waals surface area contributed by atoms with Crippen molar-refractivity contribution in [3.8, 4) is 17.2 Å². The average molecular weight is 373 g/mol. The van der Waals surface area contributed by atoms with Crippen molar-refractivity contribution in [1.82, 2.24) is 5.32 Å². The van der Waals surface area contributed by atoms with Crippen LogP contribution < -0.4 is 19.5 Å². The normalized spacial score (nSPS) is 11.3. The molecular weight excluding hydrogens is 350 g/mol. The zero-order valence-electron chi connectivity index (χ0n) is 15.8. The number of carbonyl (C=O) groups excluding carboxylic acids is 2. The van der Waals surface area contributed by atoms with Gasteiger partial charge in [0.05, 0.1) is 27.4 Å². The van der Waals surface area contributed by atoms with E-state index in [4.69, 9.17) is 18.9 Å². The van der Waals surface area contributed by atoms with Crippen LogP contribution >= 0.6 is 0 Å². The topological polar surface area (TPSA) is 83.1 Å². The monoisotopic (exact) mass is 373 g/mol. The molecule has 0 aliphatic heterocycles. The van der Waals surface area contributed by atoms with Crippen molar-refractivity contribution in [2.45, 2.75) is 13.0 Å². The van der Waals surface area contributed by atoms with Crippen molar-refractivity contribution < 1.29 is 28.5 Å². The molecule has 0 fully saturated rings. The van der Waals surface area contributed by atoms with Crippen LogP contribution in [0.1, 0.15) is 28.9 Å². The molecule has 0 heterocycles. The molecule has 2 rings (SSSR count). The predicted molar refractivity (Wildman–Crippen MR) is 99.4 cm³/mol. The van der Waals surface area contributed by atoms with E-state index < -0.39 is 18.5 Å². The first-order chi connectivity index (χ1) is 13.0. The maximum Gasteiger partial charge on any atom is 0.342 e. The standard InChI is InChI=1S/C20H23NO6/c1-13(14-8-6-5-7-9-14)21-17(22)12-27-20(23)15-10-11-16(24-2)19(26-4)18(15)25-3/h5-11,13H,12H2,1-4H3,(H,21,22)/t13-/m0/s1. The Balaban J connectivity index is 2.02. The minimum atomic E-state index is -0.699. The van der Waals surface area contributed by atoms with E-state index in [2.05, 4.69) is 5.32 Å². The fraction of sp³-hybridized carbons (Fsp3) is 0.300. The van der Waals surface area contributed by atoms with E-state index in [-0.39, 0.29) is 23.1 Å². The van der Waals surface area contributed by atoms with Crippen molar-refractivity contribution in [3.63, 3.8) is 0 Å². The fourth-order valence-electron chi connectivity index (χ4n) is 2.58. The van der Waals surface area contributed by atoms with E-state index in [1.54, 1.807) is 6.07 Å². The largest absolute Gasteiger partial charge is 0.493 e. The van der Waals surface area contributed by atoms with Crippen molar-refractivity contribution in [1.29, 1.82) is 0 Å². The van der Waals surface area contributed by atoms with Crippen molar-refractivity contribution in [2.75, 3.05) is 27.9 Å². The molecule has 0 unspecified atom stereocenters. The Labute approximate surface area is 158 Å². The lowest BCUT2D eigenvalue weighted by molar-refractivity contribution is -0.124. The van der Waals surface area contributed by atoms with E-state index in [1.165, 1.54) is 27.4 Å². The molecule has 0 spiro atoms. The van der Waals surface area contributed by atoms with Crippen LogP contribution in [0.15, 0.2) is 42.5 Å². The molecule has 0 saturated carbocycles. The second-order valence-corrected chi connectivity index (χ2v) is 5.66. The molecule has 0 radical (unpaired) electrons. The van der Waals surface area contributed by atoms with Gasteiger partial charge in [-0.15, -0.1) is 0 Å². The van der Waals surface area contributed by atoms with E-state index in [0.717, 1.165) is 5.56 Å². The van der Waals surface area contributed by atoms with Crippen LogP contribution in [0.4, 0.5) is 0 Å². The van der Waals surface area contributed by atoms with Crippen LogP contribution in [0, 0.1) is 0 Å². The summed E-state index contributed by atoms with van der Waals surface area (Å²) in [5, 5.41) is 2.78. The molecule has 0 bridgehead atoms. The molecule has 7 heteroatoms. The first-order valence-electron chi connectivity index (χ1n) is 8.32. The number of nitrogens with one attached hydrogen (secondary N) is 1. The number of hydrogen-bond acceptors (Lipinski definition) is 6. The van der Waals surface area contributed by atoms with Gasteiger partial charge in [0.1, 0.15) is 5.56 Å². The molecule has 1 amide bonds. The third-order valence-corrected chi connectivity index (χ3v) is 3.94. The van der Waals surface area contributed by atoms with Crippen molar-refractivity contribution in [2.24, 2.45) is 0 Å². The van der Waals surface area contributed by atoms with Gasteiger partial charge in [0.2, 0.25) is 5.75 Å². The van der Waals surface area contributed by atoms with Crippen molar-refractivity contribution in [3.05, 3.63) is 53.6 Å². The van der Waals surface area contributed by atoms with Gasteiger partial charge in [0, 0.05) is 0 Å². The maximum atomic E-state index is 12.4. The fourth-order valence-corrected chi connectivity index (χ4v) is 2.58. The van der Waals surface area contributed by atoms with E-state index in [1.807, 2.05) is 37.3 Å². The summed E-state index contributed by atoms with van der Waals surface area (Å²) in [7, 11) is 4.32. The Hall–Kier alpha value is -3.22. The highest BCUT2D eigenvalue weighted by molar-refractivity contribution is 5.95. The molecule has 0 aliphatic rings. The quantitative estimate of drug-likeness (QED) is 0.717. The van der Waals surface area contributed by atoms with Crippen LogP contribution in [-0.2, 0) is 9.53 Å². The van der Waals surface area contributed by atoms with Gasteiger partial charge in [-0.1, -0.05) is 30.3 Å². The zero-order valence-corrected chi connectivity index (χ0v) is 15.8. The van der Waals surface area contributed by atoms with E-state index >= 15 is 0 Å². The van der Waals surface area contributed by atoms with Gasteiger partial charge in [-0.25, -0.2) is 4.79 Å². The zero-order chi connectivity index (χ0) is 19.8. The number of carbonyl (C=O) groups is 2. The second kappa shape index (κ2) is 9.47. The lowest BCUT2D eigenvalue weighted by atomic mass is 10.1. The number of methoxy groups -OCH3 is 3. The van der Waals surface area contributed by atoms with Gasteiger partial charge in [-0.2, -0.15) is 0 Å². The number of hydrogen-bond donors (Lipinski definition) is 1. The van der Waals surface area contributed by atoms with Crippen molar-refractivity contribution >= 4 is 11.9 Å². The Bertz CT molecular complexity index is 791. The van der Waals surface area contributed by atoms with Gasteiger partial charge in [-0.3, -0.25) is 4.79 Å². The molecule has 2 aromatic carbocycles. The number of ether oxygens (including phenoxy) is 4. The Morgan fingerprint density at radius 2 is 1.59 bits per heavy atom. The molecular formula is C20H23NO6. The number of esters is 1. The Kier molecular flexibility index (Phi) is 7.05. The summed E-state index contributed by atoms with van der Waals surface area (Å²) in [6.45, 7) is 1.44. The second-order valence-electron chi connectivity index (χ2n) is 5.66. The number of rotatable bonds is 8. The first kappa shape index (κ1) is 20.1. The molecule has 0 aliphatic carbocycles. The summed E-state index contributed by atoms with van der Waals surface area (Å²) in [5.74, 6) is -0.230. The highest BCUT2D eigenvalue weighted by Gasteiger charge is 2.22. The molecule has 27 heavy (non-hydrogen) atoms. The van der Waals surface area contributed by atoms with Crippen LogP contribution in [-0.4, -0.2) is 39.8 Å². The molecule has 0 aromatic heterocycles. The predicted octanol–water partition coefficient (Wildman–Crippen LogP) is 2.75. The number of amides is 1. The van der Waals surface area contributed by atoms with Gasteiger partial charge < -0.3 is 24.3 Å². The first-order valence-corrected chi connectivity index (χ1v) is 8.32. The molecule has 1 atom stereocenters. The minimum absolute atomic E-state index is 0.138. The molecule has 1 N–H and O–H groups in total. The highest BCUT2D eigenvalue weighted by Crippen LogP contribution is 2.39. The minimum Gasteiger partial charge on any atom is -0.493 e. The Morgan fingerprint density at radius 1 is 0.926 bits per heavy atom. The Morgan fingerprint density at radius 3 is 2.19 bits per heavy atom. The molecule has 0 saturated heterocycles. The molecule has 7 nitrogen and oxygen atoms in total. The summed E-state index contributed by atoms with van der Waals surface area (Å²) in [6.07, 6.45) is 0. The number of benzene rings is 2. The van der Waals surface area contributed by atoms with Crippen LogP contribution in [0.3, 0.4) is 0 Å². The van der Waals surface area contributed by atoms with Gasteiger partial charge in [-0.05, 0) is 24.6 Å². The van der Waals surface area contributed by atoms with E-state index in [9.17, 15) is 9.59 Å². The smallest absolute Gasteiger partial charge is 0.342 e. The lowest BCUT2D eigenvalue weighted by Crippen LogP contribution is -2.31. The average Bonchev–Trinajstić information content (AvgIpc) is 2.71. The third-order valence-electron chi connectivity index (χ3n) is 3.94. The van der Waals surface area contributed by atoms with Gasteiger partial charge in [0.15, 0.2) is 18.1 Å². The van der Waals surface area contributed by atoms with Gasteiger partial charge >= 0.3 is 5.97 Å². The summed E-state index contributed by atoms with van der Waals surface area (Å²) < 4.78 is 20.8. The van der Waals surface area contributed by atoms with Gasteiger partial charge in [0.25, 0.3) is 5.91 Å². The summed E-state index contributed by atoms with van der Waals surface area (Å²) in [4.78, 5) is 24.5. The highest BCUT2D eigenvalue weighted by atomic mass is 16.5. The molecule has 2 aromatic rings. The maximum absolute atomic E-state index is 12.4. The summed E-state index contributed by atoms with van der Waals surface area (Å²) in [5.41, 5.74) is 1.10. The lowest BCUT2D eigenvalue weighted by Gasteiger charge is -2.16.